The van der Waals surface area contributed by atoms with Crippen molar-refractivity contribution in [1.29, 1.82) is 0 Å². The second-order valence-electron chi connectivity index (χ2n) is 5.34. The number of carboxylic acid groups (broad SMARTS) is 1. The third-order valence-corrected chi connectivity index (χ3v) is 4.03. The van der Waals surface area contributed by atoms with E-state index < -0.39 is 5.97 Å². The summed E-state index contributed by atoms with van der Waals surface area (Å²) in [7, 11) is 0. The number of aromatic carboxylic acids is 1. The molecule has 21 heavy (non-hydrogen) atoms. The fraction of sp³-hybridized carbons (Fsp3) is 0.500. The lowest BCUT2D eigenvalue weighted by atomic mass is 10.0. The molecule has 1 aromatic rings. The molecule has 0 aromatic heterocycles. The van der Waals surface area contributed by atoms with Crippen molar-refractivity contribution in [3.63, 3.8) is 0 Å². The highest BCUT2D eigenvalue weighted by Gasteiger charge is 2.26. The number of likely N-dealkylation sites (tertiary alicyclic amines) is 1. The Morgan fingerprint density at radius 2 is 2.14 bits per heavy atom. The van der Waals surface area contributed by atoms with Crippen LogP contribution < -0.4 is 5.32 Å². The predicted octanol–water partition coefficient (Wildman–Crippen LogP) is 2.51. The number of carboxylic acids is 1. The minimum absolute atomic E-state index is 0.0350. The molecule has 1 unspecified atom stereocenters. The van der Waals surface area contributed by atoms with Crippen molar-refractivity contribution in [2.45, 2.75) is 38.6 Å². The monoisotopic (exact) mass is 290 g/mol. The van der Waals surface area contributed by atoms with Gasteiger partial charge in [-0.15, -0.1) is 0 Å². The topological polar surface area (TPSA) is 69.6 Å². The highest BCUT2D eigenvalue weighted by Crippen LogP contribution is 2.19. The van der Waals surface area contributed by atoms with Gasteiger partial charge >= 0.3 is 12.0 Å². The maximum absolute atomic E-state index is 12.1. The number of nitrogens with one attached hydrogen (secondary N) is 1. The smallest absolute Gasteiger partial charge is 0.335 e. The number of urea groups is 1. The van der Waals surface area contributed by atoms with Crippen LogP contribution in [-0.2, 0) is 6.42 Å². The van der Waals surface area contributed by atoms with Gasteiger partial charge in [0.15, 0.2) is 0 Å². The van der Waals surface area contributed by atoms with E-state index in [4.69, 9.17) is 5.11 Å². The molecule has 0 radical (unpaired) electrons. The Balaban J connectivity index is 1.87. The second-order valence-corrected chi connectivity index (χ2v) is 5.34. The van der Waals surface area contributed by atoms with Crippen molar-refractivity contribution in [3.8, 4) is 0 Å². The van der Waals surface area contributed by atoms with Gasteiger partial charge in [0.1, 0.15) is 0 Å². The highest BCUT2D eigenvalue weighted by atomic mass is 16.4. The normalized spacial score (nSPS) is 17.8. The zero-order valence-corrected chi connectivity index (χ0v) is 12.3. The summed E-state index contributed by atoms with van der Waals surface area (Å²) in [6.07, 6.45) is 3.65. The Kier molecular flexibility index (Phi) is 5.20. The van der Waals surface area contributed by atoms with Crippen LogP contribution in [0.2, 0.25) is 0 Å². The molecular formula is C16H22N2O3. The van der Waals surface area contributed by atoms with E-state index >= 15 is 0 Å². The van der Waals surface area contributed by atoms with E-state index in [-0.39, 0.29) is 6.03 Å². The first-order valence-corrected chi connectivity index (χ1v) is 7.49. The number of amides is 2. The van der Waals surface area contributed by atoms with Gasteiger partial charge in [0.25, 0.3) is 0 Å². The van der Waals surface area contributed by atoms with Gasteiger partial charge < -0.3 is 15.3 Å². The molecule has 2 amide bonds. The quantitative estimate of drug-likeness (QED) is 0.875. The van der Waals surface area contributed by atoms with Gasteiger partial charge in [-0.05, 0) is 37.3 Å². The molecule has 0 aliphatic carbocycles. The number of carbonyl (C=O) groups is 2. The van der Waals surface area contributed by atoms with Crippen LogP contribution in [0.3, 0.4) is 0 Å². The van der Waals surface area contributed by atoms with E-state index in [1.54, 1.807) is 18.2 Å². The molecule has 1 heterocycles. The Labute approximate surface area is 125 Å². The third kappa shape index (κ3) is 3.74. The van der Waals surface area contributed by atoms with Crippen molar-refractivity contribution in [3.05, 3.63) is 35.4 Å². The first-order chi connectivity index (χ1) is 10.1. The molecule has 1 aliphatic heterocycles. The van der Waals surface area contributed by atoms with Crippen LogP contribution in [0.5, 0.6) is 0 Å². The van der Waals surface area contributed by atoms with Gasteiger partial charge in [0, 0.05) is 19.1 Å². The number of hydrogen-bond donors (Lipinski definition) is 2. The summed E-state index contributed by atoms with van der Waals surface area (Å²) in [4.78, 5) is 25.1. The summed E-state index contributed by atoms with van der Waals surface area (Å²) in [5.74, 6) is -0.928. The Morgan fingerprint density at radius 3 is 2.86 bits per heavy atom. The van der Waals surface area contributed by atoms with Gasteiger partial charge in [0.2, 0.25) is 0 Å². The average Bonchev–Trinajstić information content (AvgIpc) is 2.96. The maximum Gasteiger partial charge on any atom is 0.335 e. The molecule has 1 aromatic carbocycles. The summed E-state index contributed by atoms with van der Waals surface area (Å²) in [5.41, 5.74) is 1.05. The lowest BCUT2D eigenvalue weighted by Gasteiger charge is -2.24. The van der Waals surface area contributed by atoms with E-state index in [9.17, 15) is 9.59 Å². The van der Waals surface area contributed by atoms with Crippen LogP contribution in [0, 0.1) is 0 Å². The first kappa shape index (κ1) is 15.4. The van der Waals surface area contributed by atoms with Gasteiger partial charge in [-0.2, -0.15) is 0 Å². The van der Waals surface area contributed by atoms with E-state index in [1.807, 2.05) is 11.0 Å². The van der Waals surface area contributed by atoms with Crippen LogP contribution in [0.4, 0.5) is 4.79 Å². The highest BCUT2D eigenvalue weighted by molar-refractivity contribution is 5.89. The average molecular weight is 290 g/mol. The molecular weight excluding hydrogens is 268 g/mol. The fourth-order valence-corrected chi connectivity index (χ4v) is 2.88. The number of benzene rings is 1. The predicted molar refractivity (Wildman–Crippen MR) is 80.5 cm³/mol. The van der Waals surface area contributed by atoms with Gasteiger partial charge in [-0.25, -0.2) is 9.59 Å². The number of hydrogen-bond acceptors (Lipinski definition) is 2. The molecule has 5 nitrogen and oxygen atoms in total. The molecule has 1 aliphatic rings. The standard InChI is InChI=1S/C16H22N2O3/c1-2-13-7-5-11-18(13)16(21)17-10-9-12-6-3-4-8-14(12)15(19)20/h3-4,6,8,13H,2,5,7,9-11H2,1H3,(H,17,21)(H,19,20). The summed E-state index contributed by atoms with van der Waals surface area (Å²) < 4.78 is 0. The molecule has 0 saturated carbocycles. The molecule has 2 N–H and O–H groups in total. The van der Waals surface area contributed by atoms with Crippen LogP contribution in [0.15, 0.2) is 24.3 Å². The van der Waals surface area contributed by atoms with Crippen molar-refractivity contribution >= 4 is 12.0 Å². The number of rotatable bonds is 5. The molecule has 0 spiro atoms. The van der Waals surface area contributed by atoms with E-state index in [1.165, 1.54) is 0 Å². The van der Waals surface area contributed by atoms with Crippen LogP contribution in [-0.4, -0.2) is 41.1 Å². The minimum Gasteiger partial charge on any atom is -0.478 e. The lowest BCUT2D eigenvalue weighted by molar-refractivity contribution is 0.0695. The summed E-state index contributed by atoms with van der Waals surface area (Å²) in [6, 6.07) is 7.22. The molecule has 0 bridgehead atoms. The Bertz CT molecular complexity index is 516. The number of nitrogens with zero attached hydrogens (tertiary/aromatic N) is 1. The van der Waals surface area contributed by atoms with Crippen LogP contribution >= 0.6 is 0 Å². The molecule has 1 fully saturated rings. The molecule has 1 atom stereocenters. The van der Waals surface area contributed by atoms with Gasteiger partial charge in [-0.3, -0.25) is 0 Å². The second kappa shape index (κ2) is 7.11. The summed E-state index contributed by atoms with van der Waals surface area (Å²) in [6.45, 7) is 3.37. The van der Waals surface area contributed by atoms with Crippen molar-refractivity contribution in [2.75, 3.05) is 13.1 Å². The Hall–Kier alpha value is -2.04. The largest absolute Gasteiger partial charge is 0.478 e. The maximum atomic E-state index is 12.1. The van der Waals surface area contributed by atoms with Gasteiger partial charge in [-0.1, -0.05) is 25.1 Å². The molecule has 5 heteroatoms. The van der Waals surface area contributed by atoms with Crippen molar-refractivity contribution < 1.29 is 14.7 Å². The minimum atomic E-state index is -0.928. The van der Waals surface area contributed by atoms with Crippen molar-refractivity contribution in [2.24, 2.45) is 0 Å². The summed E-state index contributed by atoms with van der Waals surface area (Å²) in [5, 5.41) is 12.0. The van der Waals surface area contributed by atoms with E-state index in [0.717, 1.165) is 31.4 Å². The molecule has 114 valence electrons. The fourth-order valence-electron chi connectivity index (χ4n) is 2.88. The third-order valence-electron chi connectivity index (χ3n) is 4.03. The molecule has 1 saturated heterocycles. The van der Waals surface area contributed by atoms with Crippen LogP contribution in [0.25, 0.3) is 0 Å². The molecule has 2 rings (SSSR count). The zero-order valence-electron chi connectivity index (χ0n) is 12.3. The Morgan fingerprint density at radius 1 is 1.38 bits per heavy atom. The van der Waals surface area contributed by atoms with E-state index in [0.29, 0.717) is 24.6 Å². The number of carbonyl (C=O) groups excluding carboxylic acids is 1. The lowest BCUT2D eigenvalue weighted by Crippen LogP contribution is -2.43. The van der Waals surface area contributed by atoms with Crippen molar-refractivity contribution in [1.82, 2.24) is 10.2 Å². The van der Waals surface area contributed by atoms with Crippen LogP contribution in [0.1, 0.15) is 42.1 Å². The zero-order chi connectivity index (χ0) is 15.2. The van der Waals surface area contributed by atoms with E-state index in [2.05, 4.69) is 12.2 Å². The SMILES string of the molecule is CCC1CCCN1C(=O)NCCc1ccccc1C(=O)O. The first-order valence-electron chi connectivity index (χ1n) is 7.49. The van der Waals surface area contributed by atoms with Gasteiger partial charge in [0.05, 0.1) is 5.56 Å². The summed E-state index contributed by atoms with van der Waals surface area (Å²) >= 11 is 0.